The molecule has 0 saturated heterocycles. The maximum absolute atomic E-state index is 4.63. The van der Waals surface area contributed by atoms with Gasteiger partial charge >= 0.3 is 0 Å². The minimum absolute atomic E-state index is 0.725. The Labute approximate surface area is 152 Å². The summed E-state index contributed by atoms with van der Waals surface area (Å²) in [7, 11) is 0. The quantitative estimate of drug-likeness (QED) is 0.578. The number of anilines is 1. The molecule has 3 heterocycles. The molecule has 6 nitrogen and oxygen atoms in total. The van der Waals surface area contributed by atoms with Crippen molar-refractivity contribution in [2.24, 2.45) is 0 Å². The SMILES string of the molecule is Cc1ccc2c(CCNc3cncc(-n4nc(C)cc4C)n3)c[nH]c2c1. The normalized spacial score (nSPS) is 11.2. The van der Waals surface area contributed by atoms with Crippen molar-refractivity contribution in [2.45, 2.75) is 27.2 Å². The standard InChI is InChI=1S/C20H22N6/c1-13-4-5-17-16(10-23-18(17)8-13)6-7-22-19-11-21-12-20(24-19)26-15(3)9-14(2)25-26/h4-5,8-12,23H,6-7H2,1-3H3,(H,22,24). The Morgan fingerprint density at radius 3 is 2.81 bits per heavy atom. The summed E-state index contributed by atoms with van der Waals surface area (Å²) in [4.78, 5) is 12.3. The van der Waals surface area contributed by atoms with Gasteiger partial charge in [0.05, 0.1) is 18.1 Å². The van der Waals surface area contributed by atoms with Crippen LogP contribution in [-0.4, -0.2) is 31.3 Å². The van der Waals surface area contributed by atoms with Gasteiger partial charge in [-0.25, -0.2) is 9.67 Å². The Hall–Kier alpha value is -3.15. The summed E-state index contributed by atoms with van der Waals surface area (Å²) in [5.41, 5.74) is 5.77. The van der Waals surface area contributed by atoms with Crippen molar-refractivity contribution >= 4 is 16.7 Å². The fraction of sp³-hybridized carbons (Fsp3) is 0.250. The first-order valence-corrected chi connectivity index (χ1v) is 8.76. The topological polar surface area (TPSA) is 71.4 Å². The van der Waals surface area contributed by atoms with Crippen LogP contribution >= 0.6 is 0 Å². The Kier molecular flexibility index (Phi) is 4.16. The first-order valence-electron chi connectivity index (χ1n) is 8.76. The molecule has 0 bridgehead atoms. The van der Waals surface area contributed by atoms with E-state index in [1.165, 1.54) is 22.0 Å². The number of fused-ring (bicyclic) bond motifs is 1. The van der Waals surface area contributed by atoms with Crippen molar-refractivity contribution in [3.63, 3.8) is 0 Å². The molecular weight excluding hydrogens is 324 g/mol. The summed E-state index contributed by atoms with van der Waals surface area (Å²) >= 11 is 0. The molecule has 0 spiro atoms. The van der Waals surface area contributed by atoms with Crippen LogP contribution in [0.2, 0.25) is 0 Å². The smallest absolute Gasteiger partial charge is 0.174 e. The van der Waals surface area contributed by atoms with Gasteiger partial charge in [0.2, 0.25) is 0 Å². The number of aromatic amines is 1. The minimum Gasteiger partial charge on any atom is -0.368 e. The molecule has 0 amide bonds. The summed E-state index contributed by atoms with van der Waals surface area (Å²) in [5, 5.41) is 9.11. The van der Waals surface area contributed by atoms with Crippen LogP contribution in [0.4, 0.5) is 5.82 Å². The van der Waals surface area contributed by atoms with Crippen LogP contribution in [0.3, 0.4) is 0 Å². The van der Waals surface area contributed by atoms with E-state index in [-0.39, 0.29) is 0 Å². The lowest BCUT2D eigenvalue weighted by molar-refractivity contribution is 0.799. The average Bonchev–Trinajstić information content (AvgIpc) is 3.17. The Balaban J connectivity index is 1.46. The van der Waals surface area contributed by atoms with Crippen molar-refractivity contribution in [3.05, 3.63) is 65.4 Å². The maximum Gasteiger partial charge on any atom is 0.174 e. The molecule has 0 aliphatic heterocycles. The third kappa shape index (κ3) is 3.18. The zero-order valence-electron chi connectivity index (χ0n) is 15.2. The summed E-state index contributed by atoms with van der Waals surface area (Å²) < 4.78 is 1.81. The highest BCUT2D eigenvalue weighted by molar-refractivity contribution is 5.83. The molecule has 0 fully saturated rings. The van der Waals surface area contributed by atoms with Gasteiger partial charge in [0, 0.05) is 29.3 Å². The van der Waals surface area contributed by atoms with E-state index in [1.54, 1.807) is 12.4 Å². The zero-order valence-corrected chi connectivity index (χ0v) is 15.2. The van der Waals surface area contributed by atoms with Crippen LogP contribution < -0.4 is 5.32 Å². The fourth-order valence-electron chi connectivity index (χ4n) is 3.24. The van der Waals surface area contributed by atoms with Gasteiger partial charge in [-0.3, -0.25) is 4.98 Å². The molecule has 0 unspecified atom stereocenters. The second kappa shape index (κ2) is 6.63. The first kappa shape index (κ1) is 16.3. The second-order valence-electron chi connectivity index (χ2n) is 6.64. The van der Waals surface area contributed by atoms with E-state index in [0.717, 1.165) is 36.0 Å². The number of aromatic nitrogens is 5. The molecule has 0 saturated carbocycles. The Morgan fingerprint density at radius 1 is 1.12 bits per heavy atom. The van der Waals surface area contributed by atoms with E-state index < -0.39 is 0 Å². The summed E-state index contributed by atoms with van der Waals surface area (Å²) in [6, 6.07) is 8.53. The monoisotopic (exact) mass is 346 g/mol. The van der Waals surface area contributed by atoms with Gasteiger partial charge in [0.25, 0.3) is 0 Å². The molecule has 2 N–H and O–H groups in total. The number of hydrogen-bond donors (Lipinski definition) is 2. The van der Waals surface area contributed by atoms with Gasteiger partial charge in [-0.1, -0.05) is 12.1 Å². The predicted molar refractivity (Wildman–Crippen MR) is 104 cm³/mol. The predicted octanol–water partition coefficient (Wildman–Crippen LogP) is 3.72. The number of rotatable bonds is 5. The molecule has 0 aliphatic rings. The fourth-order valence-corrected chi connectivity index (χ4v) is 3.24. The number of nitrogens with zero attached hydrogens (tertiary/aromatic N) is 4. The van der Waals surface area contributed by atoms with Crippen molar-refractivity contribution in [2.75, 3.05) is 11.9 Å². The number of aryl methyl sites for hydroxylation is 3. The van der Waals surface area contributed by atoms with Crippen LogP contribution in [0.15, 0.2) is 42.9 Å². The average molecular weight is 346 g/mol. The van der Waals surface area contributed by atoms with Gasteiger partial charge in [-0.2, -0.15) is 5.10 Å². The summed E-state index contributed by atoms with van der Waals surface area (Å²) in [6.07, 6.45) is 6.47. The summed E-state index contributed by atoms with van der Waals surface area (Å²) in [5.74, 6) is 1.48. The van der Waals surface area contributed by atoms with Crippen LogP contribution in [0, 0.1) is 20.8 Å². The van der Waals surface area contributed by atoms with E-state index in [4.69, 9.17) is 0 Å². The van der Waals surface area contributed by atoms with E-state index in [9.17, 15) is 0 Å². The van der Waals surface area contributed by atoms with E-state index in [0.29, 0.717) is 0 Å². The highest BCUT2D eigenvalue weighted by atomic mass is 15.3. The number of H-pyrrole nitrogens is 1. The van der Waals surface area contributed by atoms with Gasteiger partial charge in [-0.05, 0) is 50.5 Å². The Bertz CT molecular complexity index is 1060. The minimum atomic E-state index is 0.725. The molecule has 4 aromatic rings. The van der Waals surface area contributed by atoms with Crippen LogP contribution in [0.25, 0.3) is 16.7 Å². The second-order valence-corrected chi connectivity index (χ2v) is 6.64. The van der Waals surface area contributed by atoms with E-state index in [2.05, 4.69) is 56.7 Å². The molecule has 132 valence electrons. The highest BCUT2D eigenvalue weighted by Gasteiger charge is 2.07. The first-order chi connectivity index (χ1) is 12.6. The van der Waals surface area contributed by atoms with E-state index >= 15 is 0 Å². The van der Waals surface area contributed by atoms with Gasteiger partial charge in [-0.15, -0.1) is 0 Å². The zero-order chi connectivity index (χ0) is 18.1. The van der Waals surface area contributed by atoms with Crippen LogP contribution in [-0.2, 0) is 6.42 Å². The van der Waals surface area contributed by atoms with Crippen molar-refractivity contribution < 1.29 is 0 Å². The molecule has 6 heteroatoms. The van der Waals surface area contributed by atoms with Crippen molar-refractivity contribution in [3.8, 4) is 5.82 Å². The van der Waals surface area contributed by atoms with Crippen molar-refractivity contribution in [1.29, 1.82) is 0 Å². The van der Waals surface area contributed by atoms with Crippen molar-refractivity contribution in [1.82, 2.24) is 24.7 Å². The largest absolute Gasteiger partial charge is 0.368 e. The highest BCUT2D eigenvalue weighted by Crippen LogP contribution is 2.20. The molecule has 26 heavy (non-hydrogen) atoms. The summed E-state index contributed by atoms with van der Waals surface area (Å²) in [6.45, 7) is 6.88. The Morgan fingerprint density at radius 2 is 2.00 bits per heavy atom. The molecule has 0 atom stereocenters. The number of nitrogens with one attached hydrogen (secondary N) is 2. The molecular formula is C20H22N6. The third-order valence-corrected chi connectivity index (χ3v) is 4.47. The van der Waals surface area contributed by atoms with Crippen LogP contribution in [0.1, 0.15) is 22.5 Å². The van der Waals surface area contributed by atoms with Gasteiger partial charge < -0.3 is 10.3 Å². The lowest BCUT2D eigenvalue weighted by Gasteiger charge is -2.08. The molecule has 0 radical (unpaired) electrons. The van der Waals surface area contributed by atoms with Crippen LogP contribution in [0.5, 0.6) is 0 Å². The third-order valence-electron chi connectivity index (χ3n) is 4.47. The molecule has 1 aromatic carbocycles. The molecule has 4 rings (SSSR count). The lowest BCUT2D eigenvalue weighted by Crippen LogP contribution is -2.09. The number of hydrogen-bond acceptors (Lipinski definition) is 4. The lowest BCUT2D eigenvalue weighted by atomic mass is 10.1. The maximum atomic E-state index is 4.63. The number of benzene rings is 1. The van der Waals surface area contributed by atoms with Gasteiger partial charge in [0.15, 0.2) is 5.82 Å². The molecule has 3 aromatic heterocycles. The van der Waals surface area contributed by atoms with Gasteiger partial charge in [0.1, 0.15) is 5.82 Å². The molecule has 0 aliphatic carbocycles. The van der Waals surface area contributed by atoms with E-state index in [1.807, 2.05) is 24.6 Å².